The molecule has 2 heterocycles. The van der Waals surface area contributed by atoms with E-state index in [1.54, 1.807) is 4.90 Å². The van der Waals surface area contributed by atoms with E-state index < -0.39 is 27.7 Å². The molecule has 2 atom stereocenters. The van der Waals surface area contributed by atoms with Crippen LogP contribution in [0.1, 0.15) is 16.7 Å². The Kier molecular flexibility index (Phi) is 4.22. The molecule has 2 aromatic carbocycles. The maximum absolute atomic E-state index is 13.3. The highest BCUT2D eigenvalue weighted by molar-refractivity contribution is 7.91. The highest BCUT2D eigenvalue weighted by Crippen LogP contribution is 2.36. The number of benzene rings is 2. The van der Waals surface area contributed by atoms with Crippen molar-refractivity contribution in [3.63, 3.8) is 0 Å². The van der Waals surface area contributed by atoms with Gasteiger partial charge in [-0.15, -0.1) is 0 Å². The van der Waals surface area contributed by atoms with Crippen LogP contribution in [0.25, 0.3) is 0 Å². The average molecular weight is 388 g/mol. The first kappa shape index (κ1) is 18.0. The normalized spacial score (nSPS) is 23.7. The third-order valence-electron chi connectivity index (χ3n) is 5.43. The fourth-order valence-electron chi connectivity index (χ4n) is 4.02. The number of hydrogen-bond donors (Lipinski definition) is 0. The number of rotatable bonds is 3. The minimum Gasteiger partial charge on any atom is -0.314 e. The summed E-state index contributed by atoms with van der Waals surface area (Å²) >= 11 is 0. The van der Waals surface area contributed by atoms with Gasteiger partial charge >= 0.3 is 6.03 Å². The van der Waals surface area contributed by atoms with E-state index in [9.17, 15) is 17.6 Å². The van der Waals surface area contributed by atoms with E-state index in [4.69, 9.17) is 0 Å². The van der Waals surface area contributed by atoms with Crippen molar-refractivity contribution in [2.24, 2.45) is 0 Å². The second-order valence-electron chi connectivity index (χ2n) is 7.40. The lowest BCUT2D eigenvalue weighted by Crippen LogP contribution is -2.37. The van der Waals surface area contributed by atoms with Crippen molar-refractivity contribution >= 4 is 21.6 Å². The minimum atomic E-state index is -3.23. The Morgan fingerprint density at radius 1 is 1.04 bits per heavy atom. The molecular formula is C20H21FN2O3S. The van der Waals surface area contributed by atoms with Gasteiger partial charge in [0.1, 0.15) is 5.82 Å². The molecule has 0 bridgehead atoms. The van der Waals surface area contributed by atoms with E-state index in [-0.39, 0.29) is 17.5 Å². The molecule has 2 amide bonds. The minimum absolute atomic E-state index is 0.0357. The number of carbonyl (C=O) groups is 1. The smallest absolute Gasteiger partial charge is 0.314 e. The number of amides is 2. The summed E-state index contributed by atoms with van der Waals surface area (Å²) in [6.07, 6.45) is 0. The lowest BCUT2D eigenvalue weighted by Gasteiger charge is -2.23. The van der Waals surface area contributed by atoms with Crippen LogP contribution >= 0.6 is 0 Å². The maximum Gasteiger partial charge on any atom is 0.325 e. The van der Waals surface area contributed by atoms with Gasteiger partial charge in [0.15, 0.2) is 9.84 Å². The summed E-state index contributed by atoms with van der Waals surface area (Å²) in [6, 6.07) is 10.6. The molecule has 7 heteroatoms. The van der Waals surface area contributed by atoms with Gasteiger partial charge in [-0.2, -0.15) is 0 Å². The van der Waals surface area contributed by atoms with Crippen molar-refractivity contribution in [2.75, 3.05) is 16.4 Å². The molecule has 4 rings (SSSR count). The van der Waals surface area contributed by atoms with Crippen LogP contribution in [-0.4, -0.2) is 42.9 Å². The summed E-state index contributed by atoms with van der Waals surface area (Å²) in [5.41, 5.74) is 3.68. The molecule has 0 saturated carbocycles. The van der Waals surface area contributed by atoms with Gasteiger partial charge < -0.3 is 4.90 Å². The average Bonchev–Trinajstić information content (AvgIpc) is 3.03. The van der Waals surface area contributed by atoms with Crippen LogP contribution in [0, 0.1) is 19.7 Å². The molecule has 0 aromatic heterocycles. The van der Waals surface area contributed by atoms with Crippen LogP contribution in [0.4, 0.5) is 14.9 Å². The lowest BCUT2D eigenvalue weighted by molar-refractivity contribution is 0.205. The van der Waals surface area contributed by atoms with Crippen molar-refractivity contribution in [1.29, 1.82) is 0 Å². The Balaban J connectivity index is 1.72. The quantitative estimate of drug-likeness (QED) is 0.760. The van der Waals surface area contributed by atoms with Gasteiger partial charge in [0.05, 0.1) is 23.6 Å². The largest absolute Gasteiger partial charge is 0.325 e. The predicted octanol–water partition coefficient (Wildman–Crippen LogP) is 3.05. The number of halogens is 1. The summed E-state index contributed by atoms with van der Waals surface area (Å²) in [7, 11) is -3.23. The summed E-state index contributed by atoms with van der Waals surface area (Å²) in [5.74, 6) is -0.496. The Morgan fingerprint density at radius 2 is 1.70 bits per heavy atom. The van der Waals surface area contributed by atoms with Gasteiger partial charge in [0.25, 0.3) is 0 Å². The summed E-state index contributed by atoms with van der Waals surface area (Å²) in [4.78, 5) is 16.3. The van der Waals surface area contributed by atoms with Crippen molar-refractivity contribution < 1.29 is 17.6 Å². The number of fused-ring (bicyclic) bond motifs is 1. The summed E-state index contributed by atoms with van der Waals surface area (Å²) in [5, 5.41) is 0. The summed E-state index contributed by atoms with van der Waals surface area (Å²) in [6.45, 7) is 4.33. The molecule has 27 heavy (non-hydrogen) atoms. The molecule has 0 N–H and O–H groups in total. The highest BCUT2D eigenvalue weighted by Gasteiger charge is 2.53. The molecule has 2 aliphatic rings. The zero-order valence-electron chi connectivity index (χ0n) is 15.2. The molecule has 2 saturated heterocycles. The van der Waals surface area contributed by atoms with Gasteiger partial charge in [0, 0.05) is 12.2 Å². The van der Waals surface area contributed by atoms with E-state index in [1.807, 2.05) is 32.0 Å². The van der Waals surface area contributed by atoms with Gasteiger partial charge in [0.2, 0.25) is 0 Å². The van der Waals surface area contributed by atoms with E-state index >= 15 is 0 Å². The van der Waals surface area contributed by atoms with Gasteiger partial charge in [-0.05, 0) is 49.2 Å². The number of nitrogens with zero attached hydrogens (tertiary/aromatic N) is 2. The lowest BCUT2D eigenvalue weighted by atomic mass is 10.0. The van der Waals surface area contributed by atoms with Crippen LogP contribution < -0.4 is 4.90 Å². The standard InChI is InChI=1S/C20H21FN2O3S/c1-13-3-4-14(2)15(9-13)10-22-18-11-27(25,26)12-19(18)23(20(22)24)17-7-5-16(21)6-8-17/h3-9,18-19H,10-12H2,1-2H3. The second kappa shape index (κ2) is 6.34. The first-order chi connectivity index (χ1) is 12.7. The first-order valence-electron chi connectivity index (χ1n) is 8.87. The number of sulfone groups is 1. The van der Waals surface area contributed by atoms with Crippen LogP contribution in [0.2, 0.25) is 0 Å². The molecule has 2 aliphatic heterocycles. The van der Waals surface area contributed by atoms with E-state index in [0.717, 1.165) is 16.7 Å². The topological polar surface area (TPSA) is 57.7 Å². The first-order valence-corrected chi connectivity index (χ1v) is 10.7. The van der Waals surface area contributed by atoms with Crippen molar-refractivity contribution in [3.8, 4) is 0 Å². The van der Waals surface area contributed by atoms with E-state index in [1.165, 1.54) is 29.2 Å². The third kappa shape index (κ3) is 3.20. The van der Waals surface area contributed by atoms with Gasteiger partial charge in [-0.25, -0.2) is 17.6 Å². The number of aryl methyl sites for hydroxylation is 2. The SMILES string of the molecule is Cc1ccc(C)c(CN2C(=O)N(c3ccc(F)cc3)C3CS(=O)(=O)CC32)c1. The van der Waals surface area contributed by atoms with Gasteiger partial charge in [-0.3, -0.25) is 4.90 Å². The van der Waals surface area contributed by atoms with Crippen LogP contribution in [0.3, 0.4) is 0 Å². The summed E-state index contributed by atoms with van der Waals surface area (Å²) < 4.78 is 37.9. The maximum atomic E-state index is 13.3. The van der Waals surface area contributed by atoms with Gasteiger partial charge in [-0.1, -0.05) is 23.8 Å². The number of anilines is 1. The Hall–Kier alpha value is -2.41. The molecule has 142 valence electrons. The fraction of sp³-hybridized carbons (Fsp3) is 0.350. The molecular weight excluding hydrogens is 367 g/mol. The molecule has 2 aromatic rings. The Morgan fingerprint density at radius 3 is 2.41 bits per heavy atom. The zero-order valence-corrected chi connectivity index (χ0v) is 16.0. The molecule has 0 radical (unpaired) electrons. The fourth-order valence-corrected chi connectivity index (χ4v) is 5.97. The number of hydrogen-bond acceptors (Lipinski definition) is 3. The van der Waals surface area contributed by atoms with Crippen LogP contribution in [0.5, 0.6) is 0 Å². The van der Waals surface area contributed by atoms with Crippen molar-refractivity contribution in [1.82, 2.24) is 4.90 Å². The Bertz CT molecular complexity index is 1000. The second-order valence-corrected chi connectivity index (χ2v) is 9.55. The van der Waals surface area contributed by atoms with E-state index in [2.05, 4.69) is 0 Å². The number of urea groups is 1. The molecule has 2 unspecified atom stereocenters. The third-order valence-corrected chi connectivity index (χ3v) is 7.13. The monoisotopic (exact) mass is 388 g/mol. The van der Waals surface area contributed by atoms with Crippen molar-refractivity contribution in [3.05, 3.63) is 65.0 Å². The van der Waals surface area contributed by atoms with Crippen molar-refractivity contribution in [2.45, 2.75) is 32.5 Å². The molecule has 2 fully saturated rings. The molecule has 0 spiro atoms. The highest BCUT2D eigenvalue weighted by atomic mass is 32.2. The zero-order chi connectivity index (χ0) is 19.3. The number of carbonyl (C=O) groups excluding carboxylic acids is 1. The van der Waals surface area contributed by atoms with Crippen LogP contribution in [-0.2, 0) is 16.4 Å². The van der Waals surface area contributed by atoms with Crippen LogP contribution in [0.15, 0.2) is 42.5 Å². The Labute approximate surface area is 158 Å². The predicted molar refractivity (Wildman–Crippen MR) is 102 cm³/mol. The molecule has 5 nitrogen and oxygen atoms in total. The van der Waals surface area contributed by atoms with E-state index in [0.29, 0.717) is 12.2 Å². The molecule has 0 aliphatic carbocycles.